The summed E-state index contributed by atoms with van der Waals surface area (Å²) in [7, 11) is -4.17. The number of hydrogen-bond acceptors (Lipinski definition) is 7. The van der Waals surface area contributed by atoms with Gasteiger partial charge in [0.25, 0.3) is 0 Å². The van der Waals surface area contributed by atoms with Gasteiger partial charge in [0.15, 0.2) is 0 Å². The Labute approximate surface area is 133 Å². The Hall–Kier alpha value is -1.07. The summed E-state index contributed by atoms with van der Waals surface area (Å²) < 4.78 is 18.3. The molecule has 1 fully saturated rings. The predicted molar refractivity (Wildman–Crippen MR) is 77.7 cm³/mol. The van der Waals surface area contributed by atoms with Crippen LogP contribution < -0.4 is 0 Å². The molecule has 1 rings (SSSR count). The molecule has 0 aliphatic carbocycles. The molecular weight excluding hydrogens is 339 g/mol. The monoisotopic (exact) mass is 364 g/mol. The van der Waals surface area contributed by atoms with Crippen molar-refractivity contribution in [2.45, 2.75) is 46.0 Å². The van der Waals surface area contributed by atoms with Crippen molar-refractivity contribution >= 4 is 19.8 Å². The van der Waals surface area contributed by atoms with Crippen LogP contribution in [0, 0.1) is 0 Å². The quantitative estimate of drug-likeness (QED) is 0.276. The first kappa shape index (κ1) is 26.8. The van der Waals surface area contributed by atoms with Gasteiger partial charge in [-0.15, -0.1) is 0 Å². The molecule has 6 N–H and O–H groups in total. The zero-order valence-corrected chi connectivity index (χ0v) is 14.2. The van der Waals surface area contributed by atoms with Gasteiger partial charge in [0.1, 0.15) is 12.2 Å². The van der Waals surface area contributed by atoms with Crippen molar-refractivity contribution < 1.29 is 53.6 Å². The van der Waals surface area contributed by atoms with E-state index in [9.17, 15) is 14.2 Å². The van der Waals surface area contributed by atoms with Crippen molar-refractivity contribution in [3.63, 3.8) is 0 Å². The third-order valence-electron chi connectivity index (χ3n) is 1.51. The molecule has 0 amide bonds. The van der Waals surface area contributed by atoms with E-state index in [1.807, 2.05) is 0 Å². The molecule has 1 heterocycles. The standard InChI is InChI=1S/2C3H6O3.C3H6O.C2H7O4P/c2*1-2(4)3(5)6;1-3-2-4-3;1-2-6-7(3,4)5/h2*2,4H,1H3,(H,5,6);3H,2H2,1H3;2H2,1H3,(H2,3,4,5). The normalized spacial score (nSPS) is 17.7. The number of phosphoric ester groups is 1. The van der Waals surface area contributed by atoms with Gasteiger partial charge in [0.05, 0.1) is 19.3 Å². The van der Waals surface area contributed by atoms with Gasteiger partial charge in [-0.2, -0.15) is 0 Å². The number of carboxylic acids is 2. The highest BCUT2D eigenvalue weighted by molar-refractivity contribution is 7.46. The second-order valence-corrected chi connectivity index (χ2v) is 5.32. The van der Waals surface area contributed by atoms with Crippen LogP contribution in [0.1, 0.15) is 27.7 Å². The molecule has 1 aliphatic rings. The minimum atomic E-state index is -4.17. The van der Waals surface area contributed by atoms with Crippen molar-refractivity contribution in [2.24, 2.45) is 0 Å². The fourth-order valence-corrected chi connectivity index (χ4v) is 0.601. The van der Waals surface area contributed by atoms with E-state index in [1.165, 1.54) is 20.8 Å². The maximum atomic E-state index is 9.70. The summed E-state index contributed by atoms with van der Waals surface area (Å²) in [5, 5.41) is 31.5. The van der Waals surface area contributed by atoms with Gasteiger partial charge in [0, 0.05) is 0 Å². The van der Waals surface area contributed by atoms with Crippen molar-refractivity contribution in [1.82, 2.24) is 0 Å². The zero-order chi connectivity index (χ0) is 19.2. The summed E-state index contributed by atoms with van der Waals surface area (Å²) >= 11 is 0. The van der Waals surface area contributed by atoms with Gasteiger partial charge in [-0.3, -0.25) is 4.52 Å². The van der Waals surface area contributed by atoms with Gasteiger partial charge >= 0.3 is 19.8 Å². The van der Waals surface area contributed by atoms with E-state index in [2.05, 4.69) is 11.4 Å². The Morgan fingerprint density at radius 2 is 1.39 bits per heavy atom. The van der Waals surface area contributed by atoms with E-state index in [0.29, 0.717) is 6.10 Å². The lowest BCUT2D eigenvalue weighted by Gasteiger charge is -1.98. The molecule has 0 saturated carbocycles. The van der Waals surface area contributed by atoms with Gasteiger partial charge in [-0.1, -0.05) is 0 Å². The van der Waals surface area contributed by atoms with Crippen molar-refractivity contribution in [3.8, 4) is 0 Å². The first-order chi connectivity index (χ1) is 10.2. The number of phosphoric acid groups is 1. The fourth-order valence-electron chi connectivity index (χ4n) is 0.264. The molecule has 140 valence electrons. The largest absolute Gasteiger partial charge is 0.479 e. The topological polar surface area (TPSA) is 194 Å². The Morgan fingerprint density at radius 3 is 1.39 bits per heavy atom. The van der Waals surface area contributed by atoms with Crippen molar-refractivity contribution in [2.75, 3.05) is 13.2 Å². The van der Waals surface area contributed by atoms with E-state index >= 15 is 0 Å². The predicted octanol–water partition coefficient (Wildman–Crippen LogP) is -0.576. The molecule has 0 aromatic heterocycles. The second-order valence-electron chi connectivity index (χ2n) is 4.08. The molecule has 0 radical (unpaired) electrons. The van der Waals surface area contributed by atoms with E-state index < -0.39 is 32.0 Å². The lowest BCUT2D eigenvalue weighted by atomic mass is 10.4. The summed E-state index contributed by atoms with van der Waals surface area (Å²) in [4.78, 5) is 34.7. The average molecular weight is 364 g/mol. The number of epoxide rings is 1. The molecule has 0 spiro atoms. The molecule has 3 unspecified atom stereocenters. The van der Waals surface area contributed by atoms with Gasteiger partial charge < -0.3 is 34.9 Å². The molecular formula is C11H25O11P. The van der Waals surface area contributed by atoms with Crippen LogP contribution in [0.15, 0.2) is 0 Å². The van der Waals surface area contributed by atoms with Crippen LogP contribution in [0.4, 0.5) is 0 Å². The van der Waals surface area contributed by atoms with E-state index in [4.69, 9.17) is 34.9 Å². The average Bonchev–Trinajstić information content (AvgIpc) is 3.12. The number of rotatable bonds is 4. The Bertz CT molecular complexity index is 341. The Morgan fingerprint density at radius 1 is 1.17 bits per heavy atom. The SMILES string of the molecule is CC(O)C(=O)O.CC(O)C(=O)O.CC1CO1.CCOP(=O)(O)O. The minimum absolute atomic E-state index is 0.0459. The van der Waals surface area contributed by atoms with Gasteiger partial charge in [0.2, 0.25) is 0 Å². The Kier molecular flexibility index (Phi) is 16.9. The number of hydrogen-bond donors (Lipinski definition) is 6. The summed E-state index contributed by atoms with van der Waals surface area (Å²) in [5.41, 5.74) is 0. The van der Waals surface area contributed by atoms with Crippen LogP contribution in [-0.4, -0.2) is 73.7 Å². The molecule has 0 bridgehead atoms. The van der Waals surface area contributed by atoms with Crippen LogP contribution in [0.3, 0.4) is 0 Å². The third kappa shape index (κ3) is 38.7. The molecule has 0 aromatic rings. The molecule has 23 heavy (non-hydrogen) atoms. The molecule has 0 aromatic carbocycles. The molecule has 1 aliphatic heterocycles. The van der Waals surface area contributed by atoms with Crippen LogP contribution in [0.25, 0.3) is 0 Å². The van der Waals surface area contributed by atoms with Crippen LogP contribution in [0.2, 0.25) is 0 Å². The lowest BCUT2D eigenvalue weighted by molar-refractivity contribution is -0.146. The van der Waals surface area contributed by atoms with Crippen molar-refractivity contribution in [3.05, 3.63) is 0 Å². The van der Waals surface area contributed by atoms with Gasteiger partial charge in [-0.25, -0.2) is 14.2 Å². The van der Waals surface area contributed by atoms with Crippen LogP contribution >= 0.6 is 7.82 Å². The zero-order valence-electron chi connectivity index (χ0n) is 13.3. The number of aliphatic hydroxyl groups excluding tert-OH is 2. The maximum absolute atomic E-state index is 9.70. The lowest BCUT2D eigenvalue weighted by Crippen LogP contribution is -2.13. The maximum Gasteiger partial charge on any atom is 0.469 e. The number of aliphatic carboxylic acids is 2. The van der Waals surface area contributed by atoms with Crippen LogP contribution in [-0.2, 0) is 23.4 Å². The molecule has 11 nitrogen and oxygen atoms in total. The highest BCUT2D eigenvalue weighted by atomic mass is 31.2. The smallest absolute Gasteiger partial charge is 0.469 e. The summed E-state index contributed by atoms with van der Waals surface area (Å²) in [6, 6.07) is 0. The molecule has 12 heteroatoms. The minimum Gasteiger partial charge on any atom is -0.479 e. The number of ether oxygens (including phenoxy) is 1. The van der Waals surface area contributed by atoms with E-state index in [-0.39, 0.29) is 6.61 Å². The summed E-state index contributed by atoms with van der Waals surface area (Å²) in [5.74, 6) is -2.37. The van der Waals surface area contributed by atoms with E-state index in [1.54, 1.807) is 0 Å². The summed E-state index contributed by atoms with van der Waals surface area (Å²) in [6.45, 7) is 6.99. The van der Waals surface area contributed by atoms with Crippen molar-refractivity contribution in [1.29, 1.82) is 0 Å². The van der Waals surface area contributed by atoms with Crippen LogP contribution in [0.5, 0.6) is 0 Å². The number of carbonyl (C=O) groups is 2. The fraction of sp³-hybridized carbons (Fsp3) is 0.818. The molecule has 1 saturated heterocycles. The highest BCUT2D eigenvalue weighted by Gasteiger charge is 2.13. The second kappa shape index (κ2) is 14.5. The first-order valence-electron chi connectivity index (χ1n) is 6.37. The first-order valence-corrected chi connectivity index (χ1v) is 7.91. The third-order valence-corrected chi connectivity index (χ3v) is 2.11. The van der Waals surface area contributed by atoms with Gasteiger partial charge in [-0.05, 0) is 27.7 Å². The van der Waals surface area contributed by atoms with E-state index in [0.717, 1.165) is 6.61 Å². The molecule has 3 atom stereocenters. The number of aliphatic hydroxyl groups is 2. The highest BCUT2D eigenvalue weighted by Crippen LogP contribution is 2.34. The Balaban J connectivity index is -0.000000235. The summed E-state index contributed by atoms with van der Waals surface area (Å²) in [6.07, 6.45) is -1.88. The number of carboxylic acid groups (broad SMARTS) is 2.